The van der Waals surface area contributed by atoms with Gasteiger partial charge in [-0.3, -0.25) is 4.99 Å². The van der Waals surface area contributed by atoms with Crippen molar-refractivity contribution in [2.24, 2.45) is 4.99 Å². The SMILES string of the molecule is CCNC(=NCCc1c(C)noc1C)N1CC=C(c2ccccc2)CC1. The highest BCUT2D eigenvalue weighted by Gasteiger charge is 2.16. The van der Waals surface area contributed by atoms with Gasteiger partial charge in [0.25, 0.3) is 0 Å². The van der Waals surface area contributed by atoms with E-state index in [2.05, 4.69) is 58.7 Å². The number of aryl methyl sites for hydroxylation is 2. The predicted octanol–water partition coefficient (Wildman–Crippen LogP) is 3.59. The molecule has 0 fully saturated rings. The van der Waals surface area contributed by atoms with Gasteiger partial charge in [-0.25, -0.2) is 0 Å². The molecule has 0 aliphatic carbocycles. The molecule has 2 aromatic rings. The van der Waals surface area contributed by atoms with E-state index in [1.807, 2.05) is 13.8 Å². The van der Waals surface area contributed by atoms with Gasteiger partial charge < -0.3 is 14.7 Å². The lowest BCUT2D eigenvalue weighted by Crippen LogP contribution is -2.43. The molecule has 1 aliphatic heterocycles. The summed E-state index contributed by atoms with van der Waals surface area (Å²) in [5, 5.41) is 7.44. The van der Waals surface area contributed by atoms with Crippen molar-refractivity contribution in [2.75, 3.05) is 26.2 Å². The van der Waals surface area contributed by atoms with Crippen LogP contribution in [0.5, 0.6) is 0 Å². The van der Waals surface area contributed by atoms with E-state index < -0.39 is 0 Å². The molecule has 0 atom stereocenters. The maximum absolute atomic E-state index is 5.24. The van der Waals surface area contributed by atoms with Crippen LogP contribution in [0.3, 0.4) is 0 Å². The van der Waals surface area contributed by atoms with Crippen molar-refractivity contribution >= 4 is 11.5 Å². The lowest BCUT2D eigenvalue weighted by molar-refractivity contribution is 0.392. The molecule has 5 nitrogen and oxygen atoms in total. The average Bonchev–Trinajstić information content (AvgIpc) is 3.00. The molecule has 0 spiro atoms. The first-order valence-electron chi connectivity index (χ1n) is 9.38. The fourth-order valence-electron chi connectivity index (χ4n) is 3.33. The minimum absolute atomic E-state index is 0.733. The molecule has 138 valence electrons. The molecule has 2 heterocycles. The van der Waals surface area contributed by atoms with Crippen LogP contribution >= 0.6 is 0 Å². The van der Waals surface area contributed by atoms with Gasteiger partial charge in [0.05, 0.1) is 5.69 Å². The Morgan fingerprint density at radius 3 is 2.69 bits per heavy atom. The zero-order chi connectivity index (χ0) is 18.4. The van der Waals surface area contributed by atoms with Crippen molar-refractivity contribution in [3.05, 3.63) is 59.0 Å². The first kappa shape index (κ1) is 18.2. The number of benzene rings is 1. The molecular weight excluding hydrogens is 324 g/mol. The van der Waals surface area contributed by atoms with Crippen LogP contribution in [0.15, 0.2) is 45.9 Å². The van der Waals surface area contributed by atoms with Crippen LogP contribution in [0.2, 0.25) is 0 Å². The average molecular weight is 352 g/mol. The number of hydrogen-bond donors (Lipinski definition) is 1. The van der Waals surface area contributed by atoms with Gasteiger partial charge in [-0.2, -0.15) is 0 Å². The fraction of sp³-hybridized carbons (Fsp3) is 0.429. The van der Waals surface area contributed by atoms with Crippen molar-refractivity contribution in [1.29, 1.82) is 0 Å². The Morgan fingerprint density at radius 2 is 2.08 bits per heavy atom. The van der Waals surface area contributed by atoms with Gasteiger partial charge in [-0.15, -0.1) is 0 Å². The Kier molecular flexibility index (Phi) is 6.10. The molecular formula is C21H28N4O. The number of aliphatic imine (C=N–C) groups is 1. The van der Waals surface area contributed by atoms with Crippen LogP contribution in [0, 0.1) is 13.8 Å². The third kappa shape index (κ3) is 4.34. The van der Waals surface area contributed by atoms with Crippen molar-refractivity contribution < 1.29 is 4.52 Å². The van der Waals surface area contributed by atoms with Crippen LogP contribution in [0.4, 0.5) is 0 Å². The van der Waals surface area contributed by atoms with Crippen LogP contribution < -0.4 is 5.32 Å². The minimum Gasteiger partial charge on any atom is -0.361 e. The smallest absolute Gasteiger partial charge is 0.194 e. The molecule has 0 saturated heterocycles. The van der Waals surface area contributed by atoms with E-state index in [1.165, 1.54) is 16.7 Å². The van der Waals surface area contributed by atoms with Crippen molar-refractivity contribution in [1.82, 2.24) is 15.4 Å². The summed E-state index contributed by atoms with van der Waals surface area (Å²) in [5.74, 6) is 1.89. The maximum atomic E-state index is 5.24. The van der Waals surface area contributed by atoms with E-state index in [4.69, 9.17) is 9.52 Å². The Balaban J connectivity index is 1.64. The van der Waals surface area contributed by atoms with Crippen LogP contribution in [-0.4, -0.2) is 42.2 Å². The monoisotopic (exact) mass is 352 g/mol. The second-order valence-electron chi connectivity index (χ2n) is 6.58. The van der Waals surface area contributed by atoms with Crippen LogP contribution in [0.1, 0.15) is 35.9 Å². The predicted molar refractivity (Wildman–Crippen MR) is 106 cm³/mol. The molecule has 0 bridgehead atoms. The molecule has 3 rings (SSSR count). The summed E-state index contributed by atoms with van der Waals surface area (Å²) in [6.45, 7) is 9.54. The summed E-state index contributed by atoms with van der Waals surface area (Å²) < 4.78 is 5.24. The minimum atomic E-state index is 0.733. The van der Waals surface area contributed by atoms with Crippen LogP contribution in [0.25, 0.3) is 5.57 Å². The molecule has 26 heavy (non-hydrogen) atoms. The molecule has 5 heteroatoms. The summed E-state index contributed by atoms with van der Waals surface area (Å²) in [6, 6.07) is 10.6. The second kappa shape index (κ2) is 8.70. The maximum Gasteiger partial charge on any atom is 0.194 e. The number of nitrogens with one attached hydrogen (secondary N) is 1. The standard InChI is InChI=1S/C21H28N4O/c1-4-22-21(23-13-10-20-16(2)24-26-17(20)3)25-14-11-19(12-15-25)18-8-6-5-7-9-18/h5-9,11H,4,10,12-15H2,1-3H3,(H,22,23). The highest BCUT2D eigenvalue weighted by atomic mass is 16.5. The topological polar surface area (TPSA) is 53.7 Å². The Hall–Kier alpha value is -2.56. The first-order valence-corrected chi connectivity index (χ1v) is 9.38. The van der Waals surface area contributed by atoms with Gasteiger partial charge in [-0.05, 0) is 44.7 Å². The van der Waals surface area contributed by atoms with E-state index in [1.54, 1.807) is 0 Å². The fourth-order valence-corrected chi connectivity index (χ4v) is 3.33. The van der Waals surface area contributed by atoms with Crippen LogP contribution in [-0.2, 0) is 6.42 Å². The Morgan fingerprint density at radius 1 is 1.27 bits per heavy atom. The number of hydrogen-bond acceptors (Lipinski definition) is 3. The van der Waals surface area contributed by atoms with Crippen molar-refractivity contribution in [2.45, 2.75) is 33.6 Å². The van der Waals surface area contributed by atoms with Gasteiger partial charge >= 0.3 is 0 Å². The Labute approximate surface area is 155 Å². The zero-order valence-electron chi connectivity index (χ0n) is 16.0. The molecule has 1 aromatic heterocycles. The van der Waals surface area contributed by atoms with Gasteiger partial charge in [0, 0.05) is 31.7 Å². The summed E-state index contributed by atoms with van der Waals surface area (Å²) in [4.78, 5) is 7.15. The van der Waals surface area contributed by atoms with E-state index in [0.29, 0.717) is 0 Å². The summed E-state index contributed by atoms with van der Waals surface area (Å²) >= 11 is 0. The molecule has 1 aliphatic rings. The van der Waals surface area contributed by atoms with E-state index in [9.17, 15) is 0 Å². The van der Waals surface area contributed by atoms with Gasteiger partial charge in [-0.1, -0.05) is 41.6 Å². The summed E-state index contributed by atoms with van der Waals surface area (Å²) in [5.41, 5.74) is 4.89. The highest BCUT2D eigenvalue weighted by molar-refractivity contribution is 5.81. The normalized spacial score (nSPS) is 15.1. The highest BCUT2D eigenvalue weighted by Crippen LogP contribution is 2.22. The second-order valence-corrected chi connectivity index (χ2v) is 6.58. The summed E-state index contributed by atoms with van der Waals surface area (Å²) in [6.07, 6.45) is 4.22. The lowest BCUT2D eigenvalue weighted by atomic mass is 10.00. The molecule has 1 aromatic carbocycles. The van der Waals surface area contributed by atoms with Gasteiger partial charge in [0.1, 0.15) is 5.76 Å². The van der Waals surface area contributed by atoms with Gasteiger partial charge in [0.2, 0.25) is 0 Å². The molecule has 1 N–H and O–H groups in total. The number of nitrogens with zero attached hydrogens (tertiary/aromatic N) is 3. The van der Waals surface area contributed by atoms with Crippen molar-refractivity contribution in [3.8, 4) is 0 Å². The van der Waals surface area contributed by atoms with Gasteiger partial charge in [0.15, 0.2) is 5.96 Å². The zero-order valence-corrected chi connectivity index (χ0v) is 16.0. The van der Waals surface area contributed by atoms with E-state index >= 15 is 0 Å². The summed E-state index contributed by atoms with van der Waals surface area (Å²) in [7, 11) is 0. The quantitative estimate of drug-likeness (QED) is 0.660. The third-order valence-corrected chi connectivity index (χ3v) is 4.79. The third-order valence-electron chi connectivity index (χ3n) is 4.79. The van der Waals surface area contributed by atoms with E-state index in [-0.39, 0.29) is 0 Å². The molecule has 0 radical (unpaired) electrons. The van der Waals surface area contributed by atoms with E-state index in [0.717, 1.165) is 56.4 Å². The lowest BCUT2D eigenvalue weighted by Gasteiger charge is -2.30. The number of guanidine groups is 1. The first-order chi connectivity index (χ1) is 12.7. The number of rotatable bonds is 5. The molecule has 0 saturated carbocycles. The molecule has 0 unspecified atom stereocenters. The largest absolute Gasteiger partial charge is 0.361 e. The molecule has 0 amide bonds. The van der Waals surface area contributed by atoms with Crippen molar-refractivity contribution in [3.63, 3.8) is 0 Å². The number of aromatic nitrogens is 1. The Bertz CT molecular complexity index is 757.